The SMILES string of the molecule is Cl.[2H]C([2H])(N)C([2H])([2H])c1c2c(c(Br)c3c1OCC3)OCC2. The Kier molecular flexibility index (Phi) is 2.56. The molecule has 94 valence electrons. The summed E-state index contributed by atoms with van der Waals surface area (Å²) in [5.74, 6) is 1.01. The van der Waals surface area contributed by atoms with Gasteiger partial charge in [0.15, 0.2) is 0 Å². The van der Waals surface area contributed by atoms with Crippen molar-refractivity contribution in [2.75, 3.05) is 19.7 Å². The molecule has 1 aromatic rings. The number of ether oxygens (including phenoxy) is 2. The summed E-state index contributed by atoms with van der Waals surface area (Å²) in [4.78, 5) is 0. The van der Waals surface area contributed by atoms with Gasteiger partial charge in [-0.3, -0.25) is 0 Å². The van der Waals surface area contributed by atoms with Crippen LogP contribution in [-0.4, -0.2) is 19.7 Å². The Hall–Kier alpha value is -0.450. The topological polar surface area (TPSA) is 44.5 Å². The lowest BCUT2D eigenvalue weighted by Gasteiger charge is -2.14. The summed E-state index contributed by atoms with van der Waals surface area (Å²) < 4.78 is 43.4. The van der Waals surface area contributed by atoms with Crippen molar-refractivity contribution in [1.29, 1.82) is 0 Å². The molecule has 2 N–H and O–H groups in total. The Morgan fingerprint density at radius 2 is 1.82 bits per heavy atom. The lowest BCUT2D eigenvalue weighted by atomic mass is 9.97. The number of fused-ring (bicyclic) bond motifs is 2. The van der Waals surface area contributed by atoms with Crippen LogP contribution in [0.5, 0.6) is 11.5 Å². The summed E-state index contributed by atoms with van der Waals surface area (Å²) >= 11 is 3.48. The van der Waals surface area contributed by atoms with E-state index in [4.69, 9.17) is 20.7 Å². The zero-order valence-corrected chi connectivity index (χ0v) is 11.4. The second-order valence-electron chi connectivity index (χ2n) is 3.77. The maximum absolute atomic E-state index is 8.14. The van der Waals surface area contributed by atoms with Crippen LogP contribution >= 0.6 is 28.3 Å². The molecule has 0 saturated heterocycles. The van der Waals surface area contributed by atoms with Crippen molar-refractivity contribution < 1.29 is 15.0 Å². The van der Waals surface area contributed by atoms with Gasteiger partial charge in [0, 0.05) is 35.0 Å². The van der Waals surface area contributed by atoms with Crippen molar-refractivity contribution in [3.05, 3.63) is 21.2 Å². The van der Waals surface area contributed by atoms with Gasteiger partial charge in [-0.1, -0.05) is 0 Å². The third kappa shape index (κ3) is 1.92. The van der Waals surface area contributed by atoms with Crippen molar-refractivity contribution in [2.45, 2.75) is 19.2 Å². The van der Waals surface area contributed by atoms with Gasteiger partial charge in [-0.25, -0.2) is 0 Å². The molecule has 0 saturated carbocycles. The van der Waals surface area contributed by atoms with E-state index < -0.39 is 12.9 Å². The van der Waals surface area contributed by atoms with Gasteiger partial charge in [-0.2, -0.15) is 0 Å². The molecule has 1 aromatic carbocycles. The number of benzene rings is 1. The Balaban J connectivity index is 0.00000161. The zero-order chi connectivity index (χ0) is 14.7. The quantitative estimate of drug-likeness (QED) is 0.907. The van der Waals surface area contributed by atoms with Gasteiger partial charge in [0.2, 0.25) is 0 Å². The Bertz CT molecular complexity index is 557. The van der Waals surface area contributed by atoms with Gasteiger partial charge in [-0.05, 0) is 28.8 Å². The van der Waals surface area contributed by atoms with Gasteiger partial charge in [0.05, 0.1) is 17.7 Å². The van der Waals surface area contributed by atoms with E-state index >= 15 is 0 Å². The van der Waals surface area contributed by atoms with Crippen LogP contribution in [0.25, 0.3) is 0 Å². The summed E-state index contributed by atoms with van der Waals surface area (Å²) in [6.45, 7) is -1.60. The maximum atomic E-state index is 8.14. The van der Waals surface area contributed by atoms with E-state index in [0.29, 0.717) is 43.1 Å². The third-order valence-corrected chi connectivity index (χ3v) is 3.77. The van der Waals surface area contributed by atoms with E-state index in [1.807, 2.05) is 0 Å². The molecule has 17 heavy (non-hydrogen) atoms. The molecule has 0 aromatic heterocycles. The molecule has 2 aliphatic heterocycles. The Morgan fingerprint density at radius 1 is 1.18 bits per heavy atom. The smallest absolute Gasteiger partial charge is 0.137 e. The van der Waals surface area contributed by atoms with E-state index in [2.05, 4.69) is 15.9 Å². The number of hydrogen-bond donors (Lipinski definition) is 1. The third-order valence-electron chi connectivity index (χ3n) is 2.94. The standard InChI is InChI=1S/C12H14BrNO2.ClH/c13-10-9-3-6-15-11(9)7(1-4-14)8-2-5-16-12(8)10;/h1-6,14H2;1H/i1D2,4D2;. The van der Waals surface area contributed by atoms with Crippen LogP contribution in [-0.2, 0) is 19.2 Å². The molecule has 3 rings (SSSR count). The highest BCUT2D eigenvalue weighted by Gasteiger charge is 2.29. The number of hydrogen-bond acceptors (Lipinski definition) is 3. The highest BCUT2D eigenvalue weighted by molar-refractivity contribution is 9.10. The largest absolute Gasteiger partial charge is 0.493 e. The predicted octanol–water partition coefficient (Wildman–Crippen LogP) is 2.24. The van der Waals surface area contributed by atoms with Gasteiger partial charge < -0.3 is 15.2 Å². The fraction of sp³-hybridized carbons (Fsp3) is 0.500. The Labute approximate surface area is 121 Å². The first-order valence-electron chi connectivity index (χ1n) is 7.17. The first-order valence-corrected chi connectivity index (χ1v) is 5.96. The molecule has 0 radical (unpaired) electrons. The van der Waals surface area contributed by atoms with Crippen LogP contribution in [0.4, 0.5) is 0 Å². The van der Waals surface area contributed by atoms with Crippen LogP contribution in [0.2, 0.25) is 0 Å². The first kappa shape index (κ1) is 8.62. The van der Waals surface area contributed by atoms with Crippen LogP contribution in [0.1, 0.15) is 22.2 Å². The Morgan fingerprint density at radius 3 is 2.53 bits per heavy atom. The van der Waals surface area contributed by atoms with Gasteiger partial charge in [0.25, 0.3) is 0 Å². The van der Waals surface area contributed by atoms with E-state index in [1.54, 1.807) is 0 Å². The molecule has 0 unspecified atom stereocenters. The molecular weight excluding hydrogens is 305 g/mol. The van der Waals surface area contributed by atoms with Crippen molar-refractivity contribution in [3.8, 4) is 11.5 Å². The van der Waals surface area contributed by atoms with Crippen molar-refractivity contribution in [1.82, 2.24) is 0 Å². The minimum absolute atomic E-state index is 0. The summed E-state index contributed by atoms with van der Waals surface area (Å²) in [6.07, 6.45) is -1.18. The fourth-order valence-corrected chi connectivity index (χ4v) is 2.99. The van der Waals surface area contributed by atoms with Crippen LogP contribution < -0.4 is 15.2 Å². The minimum atomic E-state index is -2.50. The van der Waals surface area contributed by atoms with Crippen molar-refractivity contribution in [3.63, 3.8) is 0 Å². The van der Waals surface area contributed by atoms with E-state index in [9.17, 15) is 0 Å². The highest BCUT2D eigenvalue weighted by Crippen LogP contribution is 2.47. The fourth-order valence-electron chi connectivity index (χ4n) is 2.26. The minimum Gasteiger partial charge on any atom is -0.493 e. The average Bonchev–Trinajstić information content (AvgIpc) is 2.95. The molecule has 0 bridgehead atoms. The van der Waals surface area contributed by atoms with Crippen molar-refractivity contribution in [2.24, 2.45) is 5.73 Å². The van der Waals surface area contributed by atoms with E-state index in [-0.39, 0.29) is 18.0 Å². The summed E-state index contributed by atoms with van der Waals surface area (Å²) in [5, 5.41) is 0. The molecule has 2 heterocycles. The van der Waals surface area contributed by atoms with Gasteiger partial charge >= 0.3 is 0 Å². The van der Waals surface area contributed by atoms with Crippen molar-refractivity contribution >= 4 is 28.3 Å². The monoisotopic (exact) mass is 323 g/mol. The second kappa shape index (κ2) is 5.04. The molecule has 0 atom stereocenters. The first-order chi connectivity index (χ1) is 9.25. The lowest BCUT2D eigenvalue weighted by Crippen LogP contribution is -2.06. The van der Waals surface area contributed by atoms with Crippen LogP contribution in [0, 0.1) is 0 Å². The molecular formula is C12H15BrClNO2. The van der Waals surface area contributed by atoms with E-state index in [0.717, 1.165) is 10.0 Å². The molecule has 0 fully saturated rings. The normalized spacial score (nSPS) is 20.8. The lowest BCUT2D eigenvalue weighted by molar-refractivity contribution is 0.353. The van der Waals surface area contributed by atoms with Gasteiger partial charge in [-0.15, -0.1) is 12.4 Å². The zero-order valence-electron chi connectivity index (χ0n) is 13.0. The highest BCUT2D eigenvalue weighted by atomic mass is 79.9. The second-order valence-corrected chi connectivity index (χ2v) is 4.56. The molecule has 3 nitrogen and oxygen atoms in total. The molecule has 0 amide bonds. The number of rotatable bonds is 2. The van der Waals surface area contributed by atoms with Crippen LogP contribution in [0.15, 0.2) is 4.47 Å². The van der Waals surface area contributed by atoms with Gasteiger partial charge in [0.1, 0.15) is 11.5 Å². The molecule has 2 aliphatic rings. The average molecular weight is 325 g/mol. The molecule has 5 heteroatoms. The number of halogens is 2. The van der Waals surface area contributed by atoms with Crippen LogP contribution in [0.3, 0.4) is 0 Å². The van der Waals surface area contributed by atoms with E-state index in [1.165, 1.54) is 0 Å². The maximum Gasteiger partial charge on any atom is 0.137 e. The predicted molar refractivity (Wildman–Crippen MR) is 72.5 cm³/mol. The summed E-state index contributed by atoms with van der Waals surface area (Å²) in [7, 11) is 0. The molecule has 0 aliphatic carbocycles. The number of nitrogens with two attached hydrogens (primary N) is 1. The summed E-state index contributed by atoms with van der Waals surface area (Å²) in [6, 6.07) is 0. The molecule has 0 spiro atoms. The summed E-state index contributed by atoms with van der Waals surface area (Å²) in [5.41, 5.74) is 7.10.